The van der Waals surface area contributed by atoms with Gasteiger partial charge in [0.25, 0.3) is 0 Å². The van der Waals surface area contributed by atoms with Crippen molar-refractivity contribution in [2.45, 2.75) is 39.7 Å². The molecule has 10 heavy (non-hydrogen) atoms. The SMILES string of the molecule is CCC1CC(C)(C)C(N)=N1. The highest BCUT2D eigenvalue weighted by Crippen LogP contribution is 2.31. The van der Waals surface area contributed by atoms with E-state index in [1.807, 2.05) is 0 Å². The molecule has 0 amide bonds. The van der Waals surface area contributed by atoms with Gasteiger partial charge in [-0.15, -0.1) is 0 Å². The number of nitrogens with zero attached hydrogens (tertiary/aromatic N) is 1. The third-order valence-corrected chi connectivity index (χ3v) is 2.23. The van der Waals surface area contributed by atoms with Crippen LogP contribution in [0.1, 0.15) is 33.6 Å². The quantitative estimate of drug-likeness (QED) is 0.589. The maximum absolute atomic E-state index is 5.73. The molecule has 1 rings (SSSR count). The zero-order valence-corrected chi connectivity index (χ0v) is 7.02. The summed E-state index contributed by atoms with van der Waals surface area (Å²) >= 11 is 0. The van der Waals surface area contributed by atoms with Gasteiger partial charge in [0, 0.05) is 5.41 Å². The molecule has 2 heteroatoms. The van der Waals surface area contributed by atoms with E-state index in [9.17, 15) is 0 Å². The lowest BCUT2D eigenvalue weighted by Crippen LogP contribution is -2.27. The standard InChI is InChI=1S/C8H16N2/c1-4-6-5-8(2,3)7(9)10-6/h6H,4-5H2,1-3H3,(H2,9,10). The molecule has 2 nitrogen and oxygen atoms in total. The van der Waals surface area contributed by atoms with Gasteiger partial charge in [0.2, 0.25) is 0 Å². The Balaban J connectivity index is 2.68. The summed E-state index contributed by atoms with van der Waals surface area (Å²) in [6, 6.07) is 0.481. The van der Waals surface area contributed by atoms with Gasteiger partial charge in [-0.1, -0.05) is 20.8 Å². The number of amidine groups is 1. The summed E-state index contributed by atoms with van der Waals surface area (Å²) < 4.78 is 0. The molecular formula is C8H16N2. The molecule has 0 spiro atoms. The molecular weight excluding hydrogens is 124 g/mol. The van der Waals surface area contributed by atoms with Gasteiger partial charge in [0.15, 0.2) is 0 Å². The van der Waals surface area contributed by atoms with Crippen LogP contribution in [0.25, 0.3) is 0 Å². The predicted molar refractivity (Wildman–Crippen MR) is 44.1 cm³/mol. The molecule has 0 aromatic rings. The van der Waals surface area contributed by atoms with E-state index < -0.39 is 0 Å². The first-order valence-corrected chi connectivity index (χ1v) is 3.90. The van der Waals surface area contributed by atoms with Crippen molar-refractivity contribution in [3.05, 3.63) is 0 Å². The van der Waals surface area contributed by atoms with E-state index in [1.54, 1.807) is 0 Å². The third-order valence-electron chi connectivity index (χ3n) is 2.23. The average Bonchev–Trinajstić information content (AvgIpc) is 2.08. The summed E-state index contributed by atoms with van der Waals surface area (Å²) in [6.07, 6.45) is 2.24. The van der Waals surface area contributed by atoms with Crippen LogP contribution in [0.15, 0.2) is 4.99 Å². The Morgan fingerprint density at radius 1 is 1.70 bits per heavy atom. The summed E-state index contributed by atoms with van der Waals surface area (Å²) in [5, 5.41) is 0. The van der Waals surface area contributed by atoms with Gasteiger partial charge >= 0.3 is 0 Å². The van der Waals surface area contributed by atoms with Crippen LogP contribution in [0.2, 0.25) is 0 Å². The molecule has 1 aliphatic heterocycles. The molecule has 0 aromatic heterocycles. The highest BCUT2D eigenvalue weighted by atomic mass is 14.9. The van der Waals surface area contributed by atoms with Crippen LogP contribution >= 0.6 is 0 Å². The first-order valence-electron chi connectivity index (χ1n) is 3.90. The molecule has 1 unspecified atom stereocenters. The minimum absolute atomic E-state index is 0.153. The van der Waals surface area contributed by atoms with Crippen molar-refractivity contribution in [2.75, 3.05) is 0 Å². The molecule has 1 atom stereocenters. The first kappa shape index (κ1) is 7.58. The topological polar surface area (TPSA) is 38.4 Å². The van der Waals surface area contributed by atoms with Gasteiger partial charge in [-0.05, 0) is 12.8 Å². The number of nitrogens with two attached hydrogens (primary N) is 1. The van der Waals surface area contributed by atoms with E-state index in [0.29, 0.717) is 6.04 Å². The summed E-state index contributed by atoms with van der Waals surface area (Å²) in [6.45, 7) is 6.46. The van der Waals surface area contributed by atoms with Crippen molar-refractivity contribution in [3.8, 4) is 0 Å². The lowest BCUT2D eigenvalue weighted by atomic mass is 9.88. The second-order valence-electron chi connectivity index (χ2n) is 3.66. The number of aliphatic imine (C=N–C) groups is 1. The van der Waals surface area contributed by atoms with Crippen LogP contribution in [-0.4, -0.2) is 11.9 Å². The van der Waals surface area contributed by atoms with Gasteiger partial charge < -0.3 is 5.73 Å². The number of hydrogen-bond donors (Lipinski definition) is 1. The maximum atomic E-state index is 5.73. The second-order valence-corrected chi connectivity index (χ2v) is 3.66. The lowest BCUT2D eigenvalue weighted by molar-refractivity contribution is 0.453. The van der Waals surface area contributed by atoms with Crippen LogP contribution in [0.5, 0.6) is 0 Å². The maximum Gasteiger partial charge on any atom is 0.0998 e. The van der Waals surface area contributed by atoms with Crippen LogP contribution < -0.4 is 5.73 Å². The first-order chi connectivity index (χ1) is 4.56. The third kappa shape index (κ3) is 1.15. The average molecular weight is 140 g/mol. The van der Waals surface area contributed by atoms with Crippen molar-refractivity contribution in [1.29, 1.82) is 0 Å². The van der Waals surface area contributed by atoms with Gasteiger partial charge in [0.1, 0.15) is 0 Å². The zero-order valence-electron chi connectivity index (χ0n) is 7.02. The summed E-state index contributed by atoms with van der Waals surface area (Å²) in [4.78, 5) is 4.35. The van der Waals surface area contributed by atoms with Gasteiger partial charge in [0.05, 0.1) is 11.9 Å². The lowest BCUT2D eigenvalue weighted by Gasteiger charge is -2.16. The fraction of sp³-hybridized carbons (Fsp3) is 0.875. The molecule has 0 aromatic carbocycles. The zero-order chi connectivity index (χ0) is 7.78. The Labute approximate surface area is 62.5 Å². The van der Waals surface area contributed by atoms with Gasteiger partial charge in [-0.25, -0.2) is 0 Å². The number of hydrogen-bond acceptors (Lipinski definition) is 2. The summed E-state index contributed by atoms with van der Waals surface area (Å²) in [5.74, 6) is 0.833. The molecule has 1 aliphatic rings. The van der Waals surface area contributed by atoms with E-state index in [1.165, 1.54) is 0 Å². The predicted octanol–water partition coefficient (Wildman–Crippen LogP) is 1.55. The Bertz CT molecular complexity index is 159. The van der Waals surface area contributed by atoms with Crippen LogP contribution in [0, 0.1) is 5.41 Å². The Morgan fingerprint density at radius 3 is 2.50 bits per heavy atom. The molecule has 0 fully saturated rings. The molecule has 1 heterocycles. The minimum atomic E-state index is 0.153. The molecule has 0 saturated heterocycles. The van der Waals surface area contributed by atoms with Crippen molar-refractivity contribution in [2.24, 2.45) is 16.1 Å². The van der Waals surface area contributed by atoms with Crippen LogP contribution in [0.4, 0.5) is 0 Å². The van der Waals surface area contributed by atoms with Crippen LogP contribution in [0.3, 0.4) is 0 Å². The molecule has 0 aliphatic carbocycles. The monoisotopic (exact) mass is 140 g/mol. The second kappa shape index (κ2) is 2.26. The molecule has 0 saturated carbocycles. The van der Waals surface area contributed by atoms with E-state index in [2.05, 4.69) is 25.8 Å². The Hall–Kier alpha value is -0.530. The molecule has 0 radical (unpaired) electrons. The van der Waals surface area contributed by atoms with E-state index >= 15 is 0 Å². The van der Waals surface area contributed by atoms with Crippen molar-refractivity contribution in [1.82, 2.24) is 0 Å². The van der Waals surface area contributed by atoms with E-state index in [-0.39, 0.29) is 5.41 Å². The minimum Gasteiger partial charge on any atom is -0.387 e. The fourth-order valence-electron chi connectivity index (χ4n) is 1.35. The van der Waals surface area contributed by atoms with Crippen molar-refractivity contribution >= 4 is 5.84 Å². The summed E-state index contributed by atoms with van der Waals surface area (Å²) in [5.41, 5.74) is 5.88. The highest BCUT2D eigenvalue weighted by molar-refractivity contribution is 5.87. The molecule has 0 bridgehead atoms. The summed E-state index contributed by atoms with van der Waals surface area (Å²) in [7, 11) is 0. The molecule has 2 N–H and O–H groups in total. The van der Waals surface area contributed by atoms with E-state index in [0.717, 1.165) is 18.7 Å². The molecule has 58 valence electrons. The normalized spacial score (nSPS) is 30.3. The number of rotatable bonds is 1. The van der Waals surface area contributed by atoms with Crippen molar-refractivity contribution < 1.29 is 0 Å². The van der Waals surface area contributed by atoms with Gasteiger partial charge in [-0.2, -0.15) is 0 Å². The van der Waals surface area contributed by atoms with E-state index in [4.69, 9.17) is 5.73 Å². The smallest absolute Gasteiger partial charge is 0.0998 e. The van der Waals surface area contributed by atoms with Crippen molar-refractivity contribution in [3.63, 3.8) is 0 Å². The van der Waals surface area contributed by atoms with Crippen LogP contribution in [-0.2, 0) is 0 Å². The fourth-order valence-corrected chi connectivity index (χ4v) is 1.35. The Morgan fingerprint density at radius 2 is 2.30 bits per heavy atom. The highest BCUT2D eigenvalue weighted by Gasteiger charge is 2.32. The van der Waals surface area contributed by atoms with Gasteiger partial charge in [-0.3, -0.25) is 4.99 Å². The Kier molecular flexibility index (Phi) is 1.71. The largest absolute Gasteiger partial charge is 0.387 e.